The molecule has 0 saturated carbocycles. The number of thiazole rings is 2. The van der Waals surface area contributed by atoms with Gasteiger partial charge < -0.3 is 0 Å². The number of amides is 1. The number of aromatic nitrogens is 4. The molecule has 0 unspecified atom stereocenters. The van der Waals surface area contributed by atoms with Crippen LogP contribution in [0.4, 0.5) is 5.13 Å². The van der Waals surface area contributed by atoms with Crippen molar-refractivity contribution in [2.45, 2.75) is 13.8 Å². The summed E-state index contributed by atoms with van der Waals surface area (Å²) >= 11 is 3.12. The van der Waals surface area contributed by atoms with Crippen molar-refractivity contribution in [3.8, 4) is 0 Å². The first-order valence-corrected chi connectivity index (χ1v) is 8.63. The number of nitrogens with zero attached hydrogens (tertiary/aromatic N) is 4. The summed E-state index contributed by atoms with van der Waals surface area (Å²) in [6.45, 7) is 3.86. The maximum absolute atomic E-state index is 12.4. The van der Waals surface area contributed by atoms with Gasteiger partial charge in [0.15, 0.2) is 10.8 Å². The molecule has 1 N–H and O–H groups in total. The minimum absolute atomic E-state index is 0.237. The summed E-state index contributed by atoms with van der Waals surface area (Å²) in [5.74, 6) is -0.237. The minimum atomic E-state index is -0.237. The highest BCUT2D eigenvalue weighted by Crippen LogP contribution is 2.35. The van der Waals surface area contributed by atoms with Crippen molar-refractivity contribution < 1.29 is 4.79 Å². The van der Waals surface area contributed by atoms with E-state index in [4.69, 9.17) is 0 Å². The van der Waals surface area contributed by atoms with E-state index < -0.39 is 0 Å². The monoisotopic (exact) mass is 343 g/mol. The van der Waals surface area contributed by atoms with Gasteiger partial charge in [-0.3, -0.25) is 14.8 Å². The zero-order valence-electron chi connectivity index (χ0n) is 12.7. The summed E-state index contributed by atoms with van der Waals surface area (Å²) in [4.78, 5) is 21.4. The Morgan fingerprint density at radius 3 is 2.52 bits per heavy atom. The van der Waals surface area contributed by atoms with Crippen LogP contribution in [0.1, 0.15) is 21.1 Å². The van der Waals surface area contributed by atoms with E-state index >= 15 is 0 Å². The Morgan fingerprint density at radius 2 is 1.83 bits per heavy atom. The predicted molar refractivity (Wildman–Crippen MR) is 93.4 cm³/mol. The van der Waals surface area contributed by atoms with Crippen molar-refractivity contribution in [3.63, 3.8) is 0 Å². The first-order valence-electron chi connectivity index (χ1n) is 6.99. The fourth-order valence-electron chi connectivity index (χ4n) is 2.53. The average molecular weight is 343 g/mol. The number of rotatable bonds is 2. The molecule has 0 atom stereocenters. The Morgan fingerprint density at radius 1 is 1.13 bits per heavy atom. The van der Waals surface area contributed by atoms with E-state index in [-0.39, 0.29) is 5.91 Å². The number of benzene rings is 1. The highest BCUT2D eigenvalue weighted by molar-refractivity contribution is 7.28. The first kappa shape index (κ1) is 14.3. The number of carbonyl (C=O) groups excluding carboxylic acids is 1. The highest BCUT2D eigenvalue weighted by Gasteiger charge is 2.16. The van der Waals surface area contributed by atoms with Gasteiger partial charge in [-0.15, -0.1) is 11.3 Å². The fourth-order valence-corrected chi connectivity index (χ4v) is 4.53. The molecule has 8 heteroatoms. The predicted octanol–water partition coefficient (Wildman–Crippen LogP) is 3.51. The number of hydrogen-bond donors (Lipinski definition) is 1. The molecule has 0 aliphatic heterocycles. The molecular weight excluding hydrogens is 330 g/mol. The Kier molecular flexibility index (Phi) is 3.17. The van der Waals surface area contributed by atoms with Crippen LogP contribution < -0.4 is 5.32 Å². The van der Waals surface area contributed by atoms with Crippen LogP contribution in [-0.2, 0) is 7.05 Å². The van der Waals surface area contributed by atoms with Crippen LogP contribution in [0.5, 0.6) is 0 Å². The second-order valence-electron chi connectivity index (χ2n) is 5.30. The Labute approximate surface area is 139 Å². The summed E-state index contributed by atoms with van der Waals surface area (Å²) in [5, 5.41) is 8.64. The van der Waals surface area contributed by atoms with Gasteiger partial charge in [-0.05, 0) is 26.0 Å². The molecule has 23 heavy (non-hydrogen) atoms. The molecule has 6 nitrogen and oxygen atoms in total. The van der Waals surface area contributed by atoms with Crippen molar-refractivity contribution in [2.24, 2.45) is 7.05 Å². The molecule has 0 fully saturated rings. The molecule has 3 heterocycles. The Bertz CT molecular complexity index is 1060. The van der Waals surface area contributed by atoms with Crippen LogP contribution in [-0.4, -0.2) is 25.7 Å². The molecule has 0 aliphatic carbocycles. The number of hydrogen-bond acceptors (Lipinski definition) is 6. The zero-order valence-corrected chi connectivity index (χ0v) is 14.4. The topological polar surface area (TPSA) is 72.7 Å². The van der Waals surface area contributed by atoms with Gasteiger partial charge in [0.2, 0.25) is 0 Å². The van der Waals surface area contributed by atoms with E-state index in [1.807, 2.05) is 32.2 Å². The lowest BCUT2D eigenvalue weighted by molar-refractivity contribution is 0.102. The van der Waals surface area contributed by atoms with Gasteiger partial charge in [0.1, 0.15) is 0 Å². The maximum atomic E-state index is 12.4. The van der Waals surface area contributed by atoms with Crippen LogP contribution in [0.25, 0.3) is 20.4 Å². The van der Waals surface area contributed by atoms with Crippen LogP contribution in [0.15, 0.2) is 18.3 Å². The quantitative estimate of drug-likeness (QED) is 0.604. The molecule has 3 aromatic heterocycles. The molecule has 0 spiro atoms. The lowest BCUT2D eigenvalue weighted by Crippen LogP contribution is -2.13. The third-order valence-corrected chi connectivity index (χ3v) is 5.60. The summed E-state index contributed by atoms with van der Waals surface area (Å²) < 4.78 is 3.81. The van der Waals surface area contributed by atoms with E-state index in [1.54, 1.807) is 23.1 Å². The van der Waals surface area contributed by atoms with E-state index in [2.05, 4.69) is 20.4 Å². The largest absolute Gasteiger partial charge is 0.296 e. The fraction of sp³-hybridized carbons (Fsp3) is 0.200. The number of carbonyl (C=O) groups is 1. The standard InChI is InChI=1S/C15H13N5OS2/c1-7-6-20(3)19-11(7)14(21)18-15-17-10-5-4-9-12(13(10)23-15)22-8(2)16-9/h4-6H,1-3H3,(H,17,18,21). The molecule has 1 amide bonds. The smallest absolute Gasteiger partial charge is 0.278 e. The summed E-state index contributed by atoms with van der Waals surface area (Å²) in [6.07, 6.45) is 1.82. The molecule has 116 valence electrons. The second-order valence-corrected chi connectivity index (χ2v) is 7.50. The minimum Gasteiger partial charge on any atom is -0.296 e. The molecule has 0 bridgehead atoms. The molecule has 0 radical (unpaired) electrons. The number of fused-ring (bicyclic) bond motifs is 3. The van der Waals surface area contributed by atoms with Crippen molar-refractivity contribution in [3.05, 3.63) is 34.6 Å². The number of nitrogens with one attached hydrogen (secondary N) is 1. The van der Waals surface area contributed by atoms with Gasteiger partial charge in [0.25, 0.3) is 5.91 Å². The van der Waals surface area contributed by atoms with Gasteiger partial charge >= 0.3 is 0 Å². The first-order chi connectivity index (χ1) is 11.0. The average Bonchev–Trinajstić information content (AvgIpc) is 3.14. The lowest BCUT2D eigenvalue weighted by Gasteiger charge is -1.98. The van der Waals surface area contributed by atoms with Crippen LogP contribution >= 0.6 is 22.7 Å². The van der Waals surface area contributed by atoms with Gasteiger partial charge in [-0.2, -0.15) is 5.10 Å². The van der Waals surface area contributed by atoms with E-state index in [0.29, 0.717) is 10.8 Å². The van der Waals surface area contributed by atoms with Crippen molar-refractivity contribution in [1.82, 2.24) is 19.7 Å². The van der Waals surface area contributed by atoms with Crippen LogP contribution in [0, 0.1) is 13.8 Å². The lowest BCUT2D eigenvalue weighted by atomic mass is 10.3. The van der Waals surface area contributed by atoms with E-state index in [1.165, 1.54) is 11.3 Å². The third kappa shape index (κ3) is 2.40. The van der Waals surface area contributed by atoms with Crippen LogP contribution in [0.2, 0.25) is 0 Å². The molecule has 4 aromatic rings. The van der Waals surface area contributed by atoms with E-state index in [0.717, 1.165) is 31.0 Å². The third-order valence-electron chi connectivity index (χ3n) is 3.47. The zero-order chi connectivity index (χ0) is 16.1. The highest BCUT2D eigenvalue weighted by atomic mass is 32.1. The van der Waals surface area contributed by atoms with Gasteiger partial charge in [0, 0.05) is 18.8 Å². The Balaban J connectivity index is 1.73. The van der Waals surface area contributed by atoms with Crippen LogP contribution in [0.3, 0.4) is 0 Å². The molecule has 0 saturated heterocycles. The molecule has 1 aromatic carbocycles. The van der Waals surface area contributed by atoms with Crippen molar-refractivity contribution >= 4 is 54.1 Å². The molecule has 0 aliphatic rings. The maximum Gasteiger partial charge on any atom is 0.278 e. The number of aryl methyl sites for hydroxylation is 3. The summed E-state index contributed by atoms with van der Waals surface area (Å²) in [5.41, 5.74) is 3.11. The molecular formula is C15H13N5OS2. The summed E-state index contributed by atoms with van der Waals surface area (Å²) in [6, 6.07) is 3.91. The van der Waals surface area contributed by atoms with Gasteiger partial charge in [0.05, 0.1) is 25.4 Å². The Hall–Kier alpha value is -2.32. The normalized spacial score (nSPS) is 11.4. The van der Waals surface area contributed by atoms with E-state index in [9.17, 15) is 4.79 Å². The van der Waals surface area contributed by atoms with Crippen molar-refractivity contribution in [1.29, 1.82) is 0 Å². The summed E-state index contributed by atoms with van der Waals surface area (Å²) in [7, 11) is 1.80. The van der Waals surface area contributed by atoms with Gasteiger partial charge in [-0.25, -0.2) is 9.97 Å². The molecule has 4 rings (SSSR count). The second kappa shape index (κ2) is 5.10. The van der Waals surface area contributed by atoms with Crippen molar-refractivity contribution in [2.75, 3.05) is 5.32 Å². The van der Waals surface area contributed by atoms with Gasteiger partial charge in [-0.1, -0.05) is 11.3 Å². The number of anilines is 1. The SMILES string of the molecule is Cc1nc2ccc3nc(NC(=O)c4nn(C)cc4C)sc3c2s1.